The van der Waals surface area contributed by atoms with E-state index in [1.54, 1.807) is 0 Å². The standard InChI is InChI=1S/C29H32F4N6/c1-37-11-13-38(14-12-37)9-2-10-39(27-35-24-15-21(29(31,32)33)23(30)16-25(24)36-27)26-7-8-28(17-22(26)28)20-5-3-19(18-34)4-6-20/h3-6,15-16,22,26H,2,7-14,17H2,1H3,(H,35,36)/t22?,26-,28-/m1/s1. The number of aromatic nitrogens is 2. The molecule has 0 radical (unpaired) electrons. The van der Waals surface area contributed by atoms with E-state index in [2.05, 4.69) is 49.9 Å². The minimum absolute atomic E-state index is 0.0654. The molecule has 0 bridgehead atoms. The fourth-order valence-corrected chi connectivity index (χ4v) is 6.79. The van der Waals surface area contributed by atoms with Gasteiger partial charge in [0.15, 0.2) is 0 Å². The summed E-state index contributed by atoms with van der Waals surface area (Å²) in [6.07, 6.45) is -0.887. The number of benzene rings is 2. The van der Waals surface area contributed by atoms with Gasteiger partial charge in [-0.25, -0.2) is 9.37 Å². The zero-order chi connectivity index (χ0) is 27.4. The molecule has 10 heteroatoms. The zero-order valence-electron chi connectivity index (χ0n) is 21.9. The van der Waals surface area contributed by atoms with Gasteiger partial charge in [-0.2, -0.15) is 18.4 Å². The molecule has 3 aliphatic rings. The van der Waals surface area contributed by atoms with Crippen LogP contribution in [-0.4, -0.2) is 72.1 Å². The number of aromatic amines is 1. The van der Waals surface area contributed by atoms with Crippen LogP contribution < -0.4 is 4.90 Å². The maximum Gasteiger partial charge on any atom is 0.419 e. The van der Waals surface area contributed by atoms with E-state index in [4.69, 9.17) is 0 Å². The molecule has 6 rings (SSSR count). The van der Waals surface area contributed by atoms with E-state index >= 15 is 0 Å². The quantitative estimate of drug-likeness (QED) is 0.420. The molecule has 0 spiro atoms. The van der Waals surface area contributed by atoms with E-state index in [0.29, 0.717) is 24.0 Å². The molecule has 1 saturated heterocycles. The number of imidazole rings is 1. The number of fused-ring (bicyclic) bond motifs is 2. The number of H-pyrrole nitrogens is 1. The van der Waals surface area contributed by atoms with E-state index in [1.165, 1.54) is 5.56 Å². The summed E-state index contributed by atoms with van der Waals surface area (Å²) in [5, 5.41) is 9.18. The van der Waals surface area contributed by atoms with Crippen LogP contribution in [0.4, 0.5) is 23.5 Å². The second-order valence-corrected chi connectivity index (χ2v) is 11.4. The normalized spacial score (nSPS) is 25.5. The Bertz CT molecular complexity index is 1390. The van der Waals surface area contributed by atoms with Gasteiger partial charge in [-0.05, 0) is 69.0 Å². The summed E-state index contributed by atoms with van der Waals surface area (Å²) in [6, 6.07) is 11.9. The summed E-state index contributed by atoms with van der Waals surface area (Å²) >= 11 is 0. The van der Waals surface area contributed by atoms with Gasteiger partial charge in [-0.3, -0.25) is 0 Å². The molecular formula is C29H32F4N6. The van der Waals surface area contributed by atoms with Gasteiger partial charge in [-0.1, -0.05) is 12.1 Å². The maximum atomic E-state index is 14.3. The first-order valence-corrected chi connectivity index (χ1v) is 13.6. The molecule has 2 aliphatic carbocycles. The van der Waals surface area contributed by atoms with Crippen LogP contribution in [0.25, 0.3) is 11.0 Å². The van der Waals surface area contributed by atoms with Gasteiger partial charge in [0.2, 0.25) is 5.95 Å². The number of piperazine rings is 1. The minimum Gasteiger partial charge on any atom is -0.339 e. The third-order valence-corrected chi connectivity index (χ3v) is 9.08. The highest BCUT2D eigenvalue weighted by atomic mass is 19.4. The van der Waals surface area contributed by atoms with Crippen molar-refractivity contribution in [1.29, 1.82) is 5.26 Å². The number of nitrogens with zero attached hydrogens (tertiary/aromatic N) is 5. The first-order chi connectivity index (χ1) is 18.7. The molecule has 1 aromatic heterocycles. The summed E-state index contributed by atoms with van der Waals surface area (Å²) in [5.74, 6) is -0.406. The van der Waals surface area contributed by atoms with Gasteiger partial charge in [-0.15, -0.1) is 0 Å². The van der Waals surface area contributed by atoms with E-state index in [0.717, 1.165) is 70.5 Å². The van der Waals surface area contributed by atoms with Crippen molar-refractivity contribution >= 4 is 17.0 Å². The summed E-state index contributed by atoms with van der Waals surface area (Å²) in [6.45, 7) is 5.78. The molecule has 2 saturated carbocycles. The van der Waals surface area contributed by atoms with Crippen LogP contribution in [0, 0.1) is 23.1 Å². The molecule has 3 aromatic rings. The molecule has 6 nitrogen and oxygen atoms in total. The topological polar surface area (TPSA) is 62.2 Å². The van der Waals surface area contributed by atoms with Crippen molar-refractivity contribution in [2.75, 3.05) is 51.2 Å². The van der Waals surface area contributed by atoms with Crippen LogP contribution in [-0.2, 0) is 11.6 Å². The Labute approximate surface area is 225 Å². The average molecular weight is 541 g/mol. The number of anilines is 1. The number of halogens is 4. The zero-order valence-corrected chi connectivity index (χ0v) is 21.9. The number of rotatable bonds is 7. The van der Waals surface area contributed by atoms with Crippen LogP contribution in [0.5, 0.6) is 0 Å². The predicted octanol–water partition coefficient (Wildman–Crippen LogP) is 5.16. The van der Waals surface area contributed by atoms with E-state index in [-0.39, 0.29) is 22.5 Å². The van der Waals surface area contributed by atoms with Gasteiger partial charge >= 0.3 is 6.18 Å². The van der Waals surface area contributed by atoms with Crippen LogP contribution in [0.3, 0.4) is 0 Å². The predicted molar refractivity (Wildman–Crippen MR) is 141 cm³/mol. The largest absolute Gasteiger partial charge is 0.419 e. The van der Waals surface area contributed by atoms with Crippen LogP contribution in [0.2, 0.25) is 0 Å². The second-order valence-electron chi connectivity index (χ2n) is 11.4. The van der Waals surface area contributed by atoms with Gasteiger partial charge in [0.05, 0.1) is 28.2 Å². The molecule has 0 amide bonds. The van der Waals surface area contributed by atoms with Crippen LogP contribution >= 0.6 is 0 Å². The third kappa shape index (κ3) is 4.87. The number of hydrogen-bond donors (Lipinski definition) is 1. The lowest BCUT2D eigenvalue weighted by Gasteiger charge is -2.34. The van der Waals surface area contributed by atoms with Crippen molar-refractivity contribution in [1.82, 2.24) is 19.8 Å². The number of hydrogen-bond acceptors (Lipinski definition) is 5. The minimum atomic E-state index is -4.77. The lowest BCUT2D eigenvalue weighted by molar-refractivity contribution is -0.139. The first kappa shape index (κ1) is 26.1. The Morgan fingerprint density at radius 3 is 2.56 bits per heavy atom. The summed E-state index contributed by atoms with van der Waals surface area (Å²) in [5.41, 5.74) is 1.06. The van der Waals surface area contributed by atoms with Crippen molar-refractivity contribution in [2.24, 2.45) is 5.92 Å². The van der Waals surface area contributed by atoms with Crippen LogP contribution in [0.1, 0.15) is 42.4 Å². The highest BCUT2D eigenvalue weighted by Crippen LogP contribution is 2.65. The van der Waals surface area contributed by atoms with Gasteiger partial charge in [0, 0.05) is 50.2 Å². The molecule has 3 atom stereocenters. The fourth-order valence-electron chi connectivity index (χ4n) is 6.79. The Balaban J connectivity index is 1.26. The van der Waals surface area contributed by atoms with Crippen LogP contribution in [0.15, 0.2) is 36.4 Å². The van der Waals surface area contributed by atoms with E-state index in [9.17, 15) is 22.8 Å². The van der Waals surface area contributed by atoms with Gasteiger partial charge in [0.25, 0.3) is 0 Å². The Hall–Kier alpha value is -3.16. The Kier molecular flexibility index (Phi) is 6.55. The number of nitriles is 1. The summed E-state index contributed by atoms with van der Waals surface area (Å²) in [4.78, 5) is 14.7. The number of nitrogens with one attached hydrogen (secondary N) is 1. The Morgan fingerprint density at radius 1 is 1.15 bits per heavy atom. The van der Waals surface area contributed by atoms with Gasteiger partial charge in [0.1, 0.15) is 5.82 Å². The lowest BCUT2D eigenvalue weighted by atomic mass is 9.93. The fraction of sp³-hybridized carbons (Fsp3) is 0.517. The SMILES string of the molecule is CN1CCN(CCCN(c2nc3cc(F)c(C(F)(F)F)cc3[nH]2)[C@@H]2CC[C@]3(c4ccc(C#N)cc4)CC23)CC1. The molecule has 1 unspecified atom stereocenters. The molecule has 2 heterocycles. The van der Waals surface area contributed by atoms with Crippen molar-refractivity contribution in [3.8, 4) is 6.07 Å². The summed E-state index contributed by atoms with van der Waals surface area (Å²) < 4.78 is 54.4. The third-order valence-electron chi connectivity index (χ3n) is 9.08. The van der Waals surface area contributed by atoms with E-state index < -0.39 is 17.6 Å². The van der Waals surface area contributed by atoms with Crippen molar-refractivity contribution < 1.29 is 17.6 Å². The van der Waals surface area contributed by atoms with Crippen molar-refractivity contribution in [3.05, 3.63) is 58.9 Å². The second kappa shape index (κ2) is 9.79. The number of alkyl halides is 3. The van der Waals surface area contributed by atoms with Gasteiger partial charge < -0.3 is 19.7 Å². The maximum absolute atomic E-state index is 14.3. The highest BCUT2D eigenvalue weighted by molar-refractivity contribution is 5.79. The monoisotopic (exact) mass is 540 g/mol. The highest BCUT2D eigenvalue weighted by Gasteiger charge is 2.63. The van der Waals surface area contributed by atoms with Crippen molar-refractivity contribution in [2.45, 2.75) is 43.3 Å². The molecule has 1 N–H and O–H groups in total. The molecule has 2 aromatic carbocycles. The summed E-state index contributed by atoms with van der Waals surface area (Å²) in [7, 11) is 2.13. The van der Waals surface area contributed by atoms with E-state index in [1.807, 2.05) is 12.1 Å². The molecule has 3 fully saturated rings. The first-order valence-electron chi connectivity index (χ1n) is 13.6. The molecular weight excluding hydrogens is 508 g/mol. The molecule has 206 valence electrons. The molecule has 39 heavy (non-hydrogen) atoms. The average Bonchev–Trinajstić information content (AvgIpc) is 3.31. The number of likely N-dealkylation sites (N-methyl/N-ethyl adjacent to an activating group) is 1. The molecule has 1 aliphatic heterocycles. The smallest absolute Gasteiger partial charge is 0.339 e. The van der Waals surface area contributed by atoms with Crippen molar-refractivity contribution in [3.63, 3.8) is 0 Å². The Morgan fingerprint density at radius 2 is 1.90 bits per heavy atom. The lowest BCUT2D eigenvalue weighted by Crippen LogP contribution is -2.45.